The van der Waals surface area contributed by atoms with Gasteiger partial charge in [0.15, 0.2) is 0 Å². The molecule has 3 unspecified atom stereocenters. The molecule has 5 heteroatoms. The van der Waals surface area contributed by atoms with Crippen LogP contribution in [0.25, 0.3) is 10.6 Å². The van der Waals surface area contributed by atoms with Crippen molar-refractivity contribution in [1.82, 2.24) is 10.2 Å². The van der Waals surface area contributed by atoms with Crippen LogP contribution in [0.5, 0.6) is 0 Å². The second-order valence-electron chi connectivity index (χ2n) is 7.68. The third-order valence-electron chi connectivity index (χ3n) is 6.49. The van der Waals surface area contributed by atoms with Crippen LogP contribution in [-0.4, -0.2) is 15.7 Å². The molecule has 2 aliphatic rings. The molecule has 2 saturated carbocycles. The Hall–Kier alpha value is -0.940. The lowest BCUT2D eigenvalue weighted by Gasteiger charge is -2.48. The zero-order valence-corrected chi connectivity index (χ0v) is 16.2. The van der Waals surface area contributed by atoms with Gasteiger partial charge in [-0.2, -0.15) is 0 Å². The number of benzene rings is 1. The number of anilines is 1. The second kappa shape index (κ2) is 5.28. The summed E-state index contributed by atoms with van der Waals surface area (Å²) in [6, 6.07) is 8.25. The van der Waals surface area contributed by atoms with E-state index in [1.807, 2.05) is 12.1 Å². The average Bonchev–Trinajstić information content (AvgIpc) is 3.19. The van der Waals surface area contributed by atoms with Crippen molar-refractivity contribution in [1.29, 1.82) is 0 Å². The highest BCUT2D eigenvalue weighted by Crippen LogP contribution is 2.62. The number of hydrogen-bond acceptors (Lipinski definition) is 4. The van der Waals surface area contributed by atoms with E-state index in [9.17, 15) is 0 Å². The third kappa shape index (κ3) is 2.35. The Kier molecular flexibility index (Phi) is 3.58. The number of nitrogens with zero attached hydrogens (tertiary/aromatic N) is 2. The first-order chi connectivity index (χ1) is 10.9. The van der Waals surface area contributed by atoms with Crippen LogP contribution in [0.3, 0.4) is 0 Å². The molecule has 3 nitrogen and oxygen atoms in total. The van der Waals surface area contributed by atoms with E-state index in [1.165, 1.54) is 19.3 Å². The van der Waals surface area contributed by atoms with Crippen molar-refractivity contribution in [2.45, 2.75) is 45.6 Å². The topological polar surface area (TPSA) is 37.8 Å². The van der Waals surface area contributed by atoms with E-state index in [2.05, 4.69) is 64.3 Å². The molecule has 2 aromatic rings. The van der Waals surface area contributed by atoms with Crippen LogP contribution in [0.1, 0.15) is 40.0 Å². The minimum Gasteiger partial charge on any atom is -0.354 e. The molecule has 0 saturated heterocycles. The summed E-state index contributed by atoms with van der Waals surface area (Å²) in [4.78, 5) is 0. The monoisotopic (exact) mass is 391 g/mol. The fourth-order valence-electron chi connectivity index (χ4n) is 4.58. The molecule has 0 amide bonds. The van der Waals surface area contributed by atoms with Crippen molar-refractivity contribution < 1.29 is 0 Å². The molecule has 2 fully saturated rings. The molecular formula is C18H22BrN3S. The minimum atomic E-state index is 0.117. The first-order valence-corrected chi connectivity index (χ1v) is 9.89. The molecular weight excluding hydrogens is 370 g/mol. The van der Waals surface area contributed by atoms with Crippen molar-refractivity contribution >= 4 is 32.4 Å². The number of hydrogen-bond donors (Lipinski definition) is 1. The number of halogens is 1. The Balaban J connectivity index is 1.59. The van der Waals surface area contributed by atoms with Crippen LogP contribution in [0.15, 0.2) is 28.7 Å². The van der Waals surface area contributed by atoms with Crippen molar-refractivity contribution in [2.75, 3.05) is 5.32 Å². The van der Waals surface area contributed by atoms with E-state index >= 15 is 0 Å². The van der Waals surface area contributed by atoms with Crippen LogP contribution in [0, 0.1) is 17.3 Å². The Morgan fingerprint density at radius 2 is 1.78 bits per heavy atom. The Bertz CT molecular complexity index is 724. The zero-order chi connectivity index (χ0) is 16.2. The lowest BCUT2D eigenvalue weighted by Crippen LogP contribution is -2.52. The standard InChI is InChI=1S/C18H22BrN3S/c1-17(2)12-6-7-13(10-12)18(17,3)20-16-22-21-15(23-16)11-4-8-14(19)9-5-11/h4-5,8-9,12-13H,6-7,10H2,1-3H3,(H,20,22). The van der Waals surface area contributed by atoms with Gasteiger partial charge < -0.3 is 5.32 Å². The summed E-state index contributed by atoms with van der Waals surface area (Å²) >= 11 is 5.13. The third-order valence-corrected chi connectivity index (χ3v) is 7.91. The molecule has 1 heterocycles. The summed E-state index contributed by atoms with van der Waals surface area (Å²) in [6.07, 6.45) is 4.08. The van der Waals surface area contributed by atoms with E-state index < -0.39 is 0 Å². The largest absolute Gasteiger partial charge is 0.354 e. The predicted molar refractivity (Wildman–Crippen MR) is 99.7 cm³/mol. The Labute approximate surface area is 150 Å². The molecule has 2 bridgehead atoms. The lowest BCUT2D eigenvalue weighted by molar-refractivity contribution is 0.119. The minimum absolute atomic E-state index is 0.117. The van der Waals surface area contributed by atoms with Crippen LogP contribution in [0.2, 0.25) is 0 Å². The maximum absolute atomic E-state index is 4.42. The Morgan fingerprint density at radius 3 is 2.43 bits per heavy atom. The molecule has 23 heavy (non-hydrogen) atoms. The highest BCUT2D eigenvalue weighted by Gasteiger charge is 2.60. The van der Waals surface area contributed by atoms with Crippen molar-refractivity contribution in [2.24, 2.45) is 17.3 Å². The van der Waals surface area contributed by atoms with Gasteiger partial charge in [0.25, 0.3) is 0 Å². The van der Waals surface area contributed by atoms with Gasteiger partial charge in [-0.3, -0.25) is 0 Å². The van der Waals surface area contributed by atoms with Gasteiger partial charge in [0, 0.05) is 15.6 Å². The number of fused-ring (bicyclic) bond motifs is 2. The summed E-state index contributed by atoms with van der Waals surface area (Å²) in [5.74, 6) is 1.59. The number of nitrogens with one attached hydrogen (secondary N) is 1. The number of aromatic nitrogens is 2. The summed E-state index contributed by atoms with van der Waals surface area (Å²) in [5, 5.41) is 14.5. The van der Waals surface area contributed by atoms with Gasteiger partial charge in [0.2, 0.25) is 5.13 Å². The van der Waals surface area contributed by atoms with E-state index in [1.54, 1.807) is 11.3 Å². The van der Waals surface area contributed by atoms with Crippen LogP contribution in [0.4, 0.5) is 5.13 Å². The highest BCUT2D eigenvalue weighted by atomic mass is 79.9. The van der Waals surface area contributed by atoms with E-state index in [0.29, 0.717) is 5.41 Å². The first kappa shape index (κ1) is 15.6. The van der Waals surface area contributed by atoms with Crippen molar-refractivity contribution in [3.63, 3.8) is 0 Å². The fourth-order valence-corrected chi connectivity index (χ4v) is 5.71. The van der Waals surface area contributed by atoms with Crippen LogP contribution >= 0.6 is 27.3 Å². The van der Waals surface area contributed by atoms with Gasteiger partial charge in [-0.05, 0) is 55.6 Å². The van der Waals surface area contributed by atoms with Crippen LogP contribution in [-0.2, 0) is 0 Å². The molecule has 3 atom stereocenters. The molecule has 2 aliphatic carbocycles. The SMILES string of the molecule is CC1(C)C2CCC(C2)C1(C)Nc1nnc(-c2ccc(Br)cc2)s1. The molecule has 1 aromatic carbocycles. The molecule has 4 rings (SSSR count). The van der Waals surface area contributed by atoms with Crippen molar-refractivity contribution in [3.05, 3.63) is 28.7 Å². The Morgan fingerprint density at radius 1 is 1.09 bits per heavy atom. The molecule has 0 spiro atoms. The maximum atomic E-state index is 4.42. The lowest BCUT2D eigenvalue weighted by atomic mass is 9.64. The highest BCUT2D eigenvalue weighted by molar-refractivity contribution is 9.10. The van der Waals surface area contributed by atoms with E-state index in [4.69, 9.17) is 0 Å². The van der Waals surface area contributed by atoms with E-state index in [-0.39, 0.29) is 5.54 Å². The predicted octanol–water partition coefficient (Wildman–Crippen LogP) is 5.59. The van der Waals surface area contributed by atoms with Gasteiger partial charge in [-0.15, -0.1) is 10.2 Å². The second-order valence-corrected chi connectivity index (χ2v) is 9.57. The molecule has 0 aliphatic heterocycles. The van der Waals surface area contributed by atoms with Crippen molar-refractivity contribution in [3.8, 4) is 10.6 Å². The quantitative estimate of drug-likeness (QED) is 0.740. The summed E-state index contributed by atoms with van der Waals surface area (Å²) < 4.78 is 1.08. The average molecular weight is 392 g/mol. The molecule has 1 N–H and O–H groups in total. The summed E-state index contributed by atoms with van der Waals surface area (Å²) in [7, 11) is 0. The summed E-state index contributed by atoms with van der Waals surface area (Å²) in [6.45, 7) is 7.22. The molecule has 0 radical (unpaired) electrons. The van der Waals surface area contributed by atoms with Crippen LogP contribution < -0.4 is 5.32 Å². The number of rotatable bonds is 3. The fraction of sp³-hybridized carbons (Fsp3) is 0.556. The van der Waals surface area contributed by atoms with Gasteiger partial charge in [0.05, 0.1) is 0 Å². The maximum Gasteiger partial charge on any atom is 0.206 e. The first-order valence-electron chi connectivity index (χ1n) is 8.28. The van der Waals surface area contributed by atoms with E-state index in [0.717, 1.165) is 32.0 Å². The smallest absolute Gasteiger partial charge is 0.206 e. The van der Waals surface area contributed by atoms with Gasteiger partial charge >= 0.3 is 0 Å². The normalized spacial score (nSPS) is 31.5. The molecule has 122 valence electrons. The summed E-state index contributed by atoms with van der Waals surface area (Å²) in [5.41, 5.74) is 1.54. The van der Waals surface area contributed by atoms with Gasteiger partial charge in [-0.1, -0.05) is 53.2 Å². The zero-order valence-electron chi connectivity index (χ0n) is 13.8. The van der Waals surface area contributed by atoms with Gasteiger partial charge in [0.1, 0.15) is 5.01 Å². The molecule has 1 aromatic heterocycles. The van der Waals surface area contributed by atoms with Gasteiger partial charge in [-0.25, -0.2) is 0 Å².